The fourth-order valence-electron chi connectivity index (χ4n) is 1.42. The first kappa shape index (κ1) is 13.6. The van der Waals surface area contributed by atoms with E-state index in [-0.39, 0.29) is 12.2 Å². The number of rotatable bonds is 3. The van der Waals surface area contributed by atoms with E-state index in [2.05, 4.69) is 0 Å². The molecule has 0 saturated carbocycles. The van der Waals surface area contributed by atoms with Gasteiger partial charge in [-0.2, -0.15) is 0 Å². The maximum Gasteiger partial charge on any atom is 0.335 e. The van der Waals surface area contributed by atoms with Crippen molar-refractivity contribution in [2.24, 2.45) is 0 Å². The molecule has 0 aromatic rings. The number of hydrogen-bond donors (Lipinski definition) is 1. The summed E-state index contributed by atoms with van der Waals surface area (Å²) in [7, 11) is 0. The van der Waals surface area contributed by atoms with Crippen molar-refractivity contribution in [2.75, 3.05) is 0 Å². The molecule has 1 N–H and O–H groups in total. The third-order valence-corrected chi connectivity index (χ3v) is 1.97. The van der Waals surface area contributed by atoms with E-state index in [1.54, 1.807) is 6.08 Å². The molecule has 0 fully saturated rings. The lowest BCUT2D eigenvalue weighted by Gasteiger charge is -2.11. The van der Waals surface area contributed by atoms with Crippen LogP contribution < -0.4 is 0 Å². The summed E-state index contributed by atoms with van der Waals surface area (Å²) in [5.41, 5.74) is 1.05. The molecule has 0 atom stereocenters. The minimum Gasteiger partial charge on any atom is -0.478 e. The molecular weight excluding hydrogens is 192 g/mol. The maximum atomic E-state index is 10.8. The molecule has 3 heteroatoms. The van der Waals surface area contributed by atoms with Gasteiger partial charge in [0.2, 0.25) is 0 Å². The molecule has 0 unspecified atom stereocenters. The van der Waals surface area contributed by atoms with E-state index >= 15 is 0 Å². The van der Waals surface area contributed by atoms with Crippen molar-refractivity contribution >= 4 is 11.8 Å². The quantitative estimate of drug-likeness (QED) is 0.779. The van der Waals surface area contributed by atoms with Crippen LogP contribution in [0.4, 0.5) is 0 Å². The molecule has 1 aliphatic carbocycles. The smallest absolute Gasteiger partial charge is 0.335 e. The van der Waals surface area contributed by atoms with Crippen LogP contribution in [0.1, 0.15) is 40.0 Å². The summed E-state index contributed by atoms with van der Waals surface area (Å²) in [4.78, 5) is 21.6. The lowest BCUT2D eigenvalue weighted by atomic mass is 9.94. The van der Waals surface area contributed by atoms with Gasteiger partial charge >= 0.3 is 5.97 Å². The summed E-state index contributed by atoms with van der Waals surface area (Å²) >= 11 is 0. The van der Waals surface area contributed by atoms with Crippen LogP contribution in [0, 0.1) is 0 Å². The normalized spacial score (nSPS) is 14.3. The molecule has 0 amide bonds. The Labute approximate surface area is 90.5 Å². The molecule has 0 heterocycles. The van der Waals surface area contributed by atoms with Gasteiger partial charge in [0.05, 0.1) is 5.57 Å². The minimum atomic E-state index is -0.938. The number of Topliss-reactive ketones (excluding diaryl/α,β-unsaturated/α-hetero) is 1. The predicted octanol–water partition coefficient (Wildman–Crippen LogP) is 2.72. The number of ketones is 1. The molecule has 0 aromatic carbocycles. The lowest BCUT2D eigenvalue weighted by molar-refractivity contribution is -0.132. The zero-order chi connectivity index (χ0) is 11.8. The van der Waals surface area contributed by atoms with E-state index in [4.69, 9.17) is 5.11 Å². The number of carbonyl (C=O) groups excluding carboxylic acids is 1. The Kier molecular flexibility index (Phi) is 6.34. The van der Waals surface area contributed by atoms with Crippen molar-refractivity contribution in [1.82, 2.24) is 0 Å². The van der Waals surface area contributed by atoms with E-state index in [0.29, 0.717) is 12.0 Å². The molecule has 0 bridgehead atoms. The average Bonchev–Trinajstić information content (AvgIpc) is 2.20. The maximum absolute atomic E-state index is 10.8. The topological polar surface area (TPSA) is 54.4 Å². The molecule has 0 aliphatic heterocycles. The number of allylic oxidation sites excluding steroid dienone is 2. The first-order valence-electron chi connectivity index (χ1n) is 5.22. The van der Waals surface area contributed by atoms with Crippen LogP contribution in [0.15, 0.2) is 23.3 Å². The van der Waals surface area contributed by atoms with Gasteiger partial charge in [-0.05, 0) is 25.3 Å². The van der Waals surface area contributed by atoms with Crippen LogP contribution in [0.5, 0.6) is 0 Å². The lowest BCUT2D eigenvalue weighted by Crippen LogP contribution is -2.07. The van der Waals surface area contributed by atoms with Crippen LogP contribution in [0.25, 0.3) is 0 Å². The number of aliphatic carboxylic acids is 1. The molecule has 0 radical (unpaired) electrons. The first-order valence-corrected chi connectivity index (χ1v) is 5.22. The molecule has 84 valence electrons. The number of carboxylic acids is 1. The largest absolute Gasteiger partial charge is 0.478 e. The van der Waals surface area contributed by atoms with Gasteiger partial charge in [-0.1, -0.05) is 26.0 Å². The Balaban J connectivity index is 0.000000921. The van der Waals surface area contributed by atoms with E-state index in [9.17, 15) is 9.59 Å². The van der Waals surface area contributed by atoms with Crippen molar-refractivity contribution in [3.8, 4) is 0 Å². The van der Waals surface area contributed by atoms with Crippen LogP contribution in [0.3, 0.4) is 0 Å². The third-order valence-electron chi connectivity index (χ3n) is 1.97. The van der Waals surface area contributed by atoms with Gasteiger partial charge < -0.3 is 5.11 Å². The first-order chi connectivity index (χ1) is 7.11. The second-order valence-electron chi connectivity index (χ2n) is 3.14. The van der Waals surface area contributed by atoms with Gasteiger partial charge in [0.25, 0.3) is 0 Å². The highest BCUT2D eigenvalue weighted by molar-refractivity contribution is 5.92. The monoisotopic (exact) mass is 210 g/mol. The fourth-order valence-corrected chi connectivity index (χ4v) is 1.42. The summed E-state index contributed by atoms with van der Waals surface area (Å²) in [6, 6.07) is 0. The summed E-state index contributed by atoms with van der Waals surface area (Å²) < 4.78 is 0. The highest BCUT2D eigenvalue weighted by Crippen LogP contribution is 2.22. The second-order valence-corrected chi connectivity index (χ2v) is 3.14. The van der Waals surface area contributed by atoms with E-state index < -0.39 is 5.97 Å². The fraction of sp³-hybridized carbons (Fsp3) is 0.500. The Morgan fingerprint density at radius 1 is 1.40 bits per heavy atom. The van der Waals surface area contributed by atoms with Crippen molar-refractivity contribution in [3.63, 3.8) is 0 Å². The van der Waals surface area contributed by atoms with Crippen molar-refractivity contribution in [3.05, 3.63) is 23.3 Å². The Bertz CT molecular complexity index is 298. The molecule has 1 aliphatic rings. The van der Waals surface area contributed by atoms with Crippen LogP contribution in [0.2, 0.25) is 0 Å². The highest BCUT2D eigenvalue weighted by Gasteiger charge is 2.15. The summed E-state index contributed by atoms with van der Waals surface area (Å²) in [6.45, 7) is 5.48. The van der Waals surface area contributed by atoms with Gasteiger partial charge in [0.1, 0.15) is 5.78 Å². The van der Waals surface area contributed by atoms with Crippen molar-refractivity contribution < 1.29 is 14.7 Å². The molecule has 3 nitrogen and oxygen atoms in total. The van der Waals surface area contributed by atoms with Crippen LogP contribution in [-0.2, 0) is 9.59 Å². The molecule has 1 rings (SSSR count). The third kappa shape index (κ3) is 4.58. The van der Waals surface area contributed by atoms with E-state index in [1.165, 1.54) is 6.92 Å². The summed E-state index contributed by atoms with van der Waals surface area (Å²) in [5.74, 6) is -0.920. The Hall–Kier alpha value is -1.38. The molecule has 0 saturated heterocycles. The standard InChI is InChI=1S/C10H12O3.C2H6/c1-7(11)6-8-4-2-3-5-9(8)10(12)13;1-2/h3,5H,2,4,6H2,1H3,(H,12,13);1-2H3. The van der Waals surface area contributed by atoms with Gasteiger partial charge in [-0.25, -0.2) is 4.79 Å². The SMILES string of the molecule is CC.CC(=O)CC1=C(C(=O)O)C=CCC1. The molecular formula is C12H18O3. The summed E-state index contributed by atoms with van der Waals surface area (Å²) in [6.07, 6.45) is 5.21. The van der Waals surface area contributed by atoms with Gasteiger partial charge in [0, 0.05) is 6.42 Å². The minimum absolute atomic E-state index is 0.0176. The van der Waals surface area contributed by atoms with E-state index in [1.807, 2.05) is 19.9 Å². The van der Waals surface area contributed by atoms with Crippen molar-refractivity contribution in [2.45, 2.75) is 40.0 Å². The zero-order valence-corrected chi connectivity index (χ0v) is 9.54. The van der Waals surface area contributed by atoms with Gasteiger partial charge in [-0.15, -0.1) is 0 Å². The molecule has 0 aromatic heterocycles. The van der Waals surface area contributed by atoms with Crippen LogP contribution >= 0.6 is 0 Å². The predicted molar refractivity (Wildman–Crippen MR) is 59.7 cm³/mol. The van der Waals surface area contributed by atoms with Crippen LogP contribution in [-0.4, -0.2) is 16.9 Å². The number of carboxylic acid groups (broad SMARTS) is 1. The number of carbonyl (C=O) groups is 2. The molecule has 0 spiro atoms. The zero-order valence-electron chi connectivity index (χ0n) is 9.54. The van der Waals surface area contributed by atoms with Crippen molar-refractivity contribution in [1.29, 1.82) is 0 Å². The number of hydrogen-bond acceptors (Lipinski definition) is 2. The van der Waals surface area contributed by atoms with E-state index in [0.717, 1.165) is 12.0 Å². The summed E-state index contributed by atoms with van der Waals surface area (Å²) in [5, 5.41) is 8.80. The Morgan fingerprint density at radius 2 is 2.00 bits per heavy atom. The van der Waals surface area contributed by atoms with Gasteiger partial charge in [-0.3, -0.25) is 4.79 Å². The average molecular weight is 210 g/mol. The Morgan fingerprint density at radius 3 is 2.47 bits per heavy atom. The second kappa shape index (κ2) is 6.98. The molecule has 15 heavy (non-hydrogen) atoms. The van der Waals surface area contributed by atoms with Gasteiger partial charge in [0.15, 0.2) is 0 Å². The highest BCUT2D eigenvalue weighted by atomic mass is 16.4.